The Labute approximate surface area is 166 Å². The van der Waals surface area contributed by atoms with Gasteiger partial charge in [-0.25, -0.2) is 4.98 Å². The molecule has 2 heterocycles. The van der Waals surface area contributed by atoms with Gasteiger partial charge in [-0.1, -0.05) is 43.3 Å². The van der Waals surface area contributed by atoms with Crippen LogP contribution >= 0.6 is 0 Å². The van der Waals surface area contributed by atoms with Crippen LogP contribution in [-0.4, -0.2) is 33.4 Å². The van der Waals surface area contributed by atoms with Gasteiger partial charge >= 0.3 is 0 Å². The van der Waals surface area contributed by atoms with Gasteiger partial charge in [-0.2, -0.15) is 0 Å². The molecule has 1 saturated heterocycles. The highest BCUT2D eigenvalue weighted by atomic mass is 16.1. The van der Waals surface area contributed by atoms with Crippen LogP contribution in [0, 0.1) is 0 Å². The van der Waals surface area contributed by atoms with E-state index in [0.29, 0.717) is 13.1 Å². The molecule has 4 rings (SSSR count). The standard InChI is InChI=1S/C23H28N4O/c1-2-22-25-20-11-5-6-12-21(20)27(22)17-23(28)24-15-18-9-3-4-10-19(18)16-26-13-7-8-14-26/h3-6,9-12H,2,7-8,13-17H2,1H3,(H,24,28). The topological polar surface area (TPSA) is 50.2 Å². The predicted octanol–water partition coefficient (Wildman–Crippen LogP) is 3.51. The molecule has 5 heteroatoms. The van der Waals surface area contributed by atoms with E-state index in [1.54, 1.807) is 0 Å². The lowest BCUT2D eigenvalue weighted by Crippen LogP contribution is -2.28. The summed E-state index contributed by atoms with van der Waals surface area (Å²) in [5, 5.41) is 3.11. The van der Waals surface area contributed by atoms with Crippen molar-refractivity contribution in [2.24, 2.45) is 0 Å². The monoisotopic (exact) mass is 376 g/mol. The van der Waals surface area contributed by atoms with Gasteiger partial charge in [0.05, 0.1) is 11.0 Å². The van der Waals surface area contributed by atoms with Gasteiger partial charge in [-0.15, -0.1) is 0 Å². The molecule has 0 atom stereocenters. The van der Waals surface area contributed by atoms with E-state index in [-0.39, 0.29) is 5.91 Å². The summed E-state index contributed by atoms with van der Waals surface area (Å²) in [4.78, 5) is 19.8. The van der Waals surface area contributed by atoms with E-state index in [2.05, 4.69) is 40.3 Å². The number of nitrogens with zero attached hydrogens (tertiary/aromatic N) is 3. The minimum absolute atomic E-state index is 0.0221. The summed E-state index contributed by atoms with van der Waals surface area (Å²) in [6.07, 6.45) is 3.38. The maximum Gasteiger partial charge on any atom is 0.240 e. The van der Waals surface area contributed by atoms with Crippen molar-refractivity contribution >= 4 is 16.9 Å². The molecule has 5 nitrogen and oxygen atoms in total. The minimum atomic E-state index is 0.0221. The number of hydrogen-bond acceptors (Lipinski definition) is 3. The molecule has 0 bridgehead atoms. The van der Waals surface area contributed by atoms with Gasteiger partial charge in [-0.05, 0) is 49.2 Å². The lowest BCUT2D eigenvalue weighted by Gasteiger charge is -2.18. The summed E-state index contributed by atoms with van der Waals surface area (Å²) in [7, 11) is 0. The normalized spacial score (nSPS) is 14.6. The summed E-state index contributed by atoms with van der Waals surface area (Å²) in [6.45, 7) is 6.26. The van der Waals surface area contributed by atoms with Gasteiger partial charge in [0, 0.05) is 19.5 Å². The SMILES string of the molecule is CCc1nc2ccccc2n1CC(=O)NCc1ccccc1CN1CCCC1. The van der Waals surface area contributed by atoms with Crippen LogP contribution in [-0.2, 0) is 30.8 Å². The van der Waals surface area contributed by atoms with Crippen LogP contribution in [0.4, 0.5) is 0 Å². The first-order valence-corrected chi connectivity index (χ1v) is 10.2. The number of fused-ring (bicyclic) bond motifs is 1. The van der Waals surface area contributed by atoms with Crippen molar-refractivity contribution in [3.05, 3.63) is 65.5 Å². The van der Waals surface area contributed by atoms with Crippen LogP contribution in [0.15, 0.2) is 48.5 Å². The Hall–Kier alpha value is -2.66. The van der Waals surface area contributed by atoms with Gasteiger partial charge in [0.1, 0.15) is 12.4 Å². The molecular formula is C23H28N4O. The van der Waals surface area contributed by atoms with Crippen LogP contribution in [0.5, 0.6) is 0 Å². The molecule has 1 aliphatic rings. The van der Waals surface area contributed by atoms with Crippen molar-refractivity contribution in [2.75, 3.05) is 13.1 Å². The molecule has 2 aromatic carbocycles. The Kier molecular flexibility index (Phi) is 5.72. The quantitative estimate of drug-likeness (QED) is 0.686. The molecule has 1 aliphatic heterocycles. The fourth-order valence-electron chi connectivity index (χ4n) is 4.03. The van der Waals surface area contributed by atoms with Gasteiger partial charge < -0.3 is 9.88 Å². The number of rotatable bonds is 7. The molecule has 1 N–H and O–H groups in total. The number of carbonyl (C=O) groups excluding carboxylic acids is 1. The first-order valence-electron chi connectivity index (χ1n) is 10.2. The van der Waals surface area contributed by atoms with E-state index in [4.69, 9.17) is 0 Å². The number of amides is 1. The summed E-state index contributed by atoms with van der Waals surface area (Å²) in [5.41, 5.74) is 4.48. The molecule has 0 aliphatic carbocycles. The van der Waals surface area contributed by atoms with Gasteiger partial charge in [0.15, 0.2) is 0 Å². The van der Waals surface area contributed by atoms with E-state index in [0.717, 1.165) is 29.8 Å². The molecular weight excluding hydrogens is 348 g/mol. The third kappa shape index (κ3) is 4.09. The van der Waals surface area contributed by atoms with E-state index < -0.39 is 0 Å². The smallest absolute Gasteiger partial charge is 0.240 e. The Balaban J connectivity index is 1.43. The van der Waals surface area contributed by atoms with Crippen molar-refractivity contribution in [3.63, 3.8) is 0 Å². The second-order valence-corrected chi connectivity index (χ2v) is 7.49. The number of hydrogen-bond donors (Lipinski definition) is 1. The summed E-state index contributed by atoms with van der Waals surface area (Å²) >= 11 is 0. The maximum absolute atomic E-state index is 12.7. The van der Waals surface area contributed by atoms with Crippen LogP contribution < -0.4 is 5.32 Å². The van der Waals surface area contributed by atoms with Gasteiger partial charge in [0.25, 0.3) is 0 Å². The fourth-order valence-corrected chi connectivity index (χ4v) is 4.03. The summed E-state index contributed by atoms with van der Waals surface area (Å²) in [5.74, 6) is 0.972. The largest absolute Gasteiger partial charge is 0.350 e. The Morgan fingerprint density at radius 1 is 1.04 bits per heavy atom. The molecule has 1 amide bonds. The second kappa shape index (κ2) is 8.57. The Morgan fingerprint density at radius 2 is 1.75 bits per heavy atom. The molecule has 0 unspecified atom stereocenters. The van der Waals surface area contributed by atoms with Crippen LogP contribution in [0.25, 0.3) is 11.0 Å². The minimum Gasteiger partial charge on any atom is -0.350 e. The summed E-state index contributed by atoms with van der Waals surface area (Å²) < 4.78 is 2.03. The van der Waals surface area contributed by atoms with Crippen molar-refractivity contribution in [3.8, 4) is 0 Å². The fraction of sp³-hybridized carbons (Fsp3) is 0.391. The lowest BCUT2D eigenvalue weighted by molar-refractivity contribution is -0.121. The lowest BCUT2D eigenvalue weighted by atomic mass is 10.1. The molecule has 0 radical (unpaired) electrons. The predicted molar refractivity (Wildman–Crippen MR) is 112 cm³/mol. The van der Waals surface area contributed by atoms with Gasteiger partial charge in [0.2, 0.25) is 5.91 Å². The van der Waals surface area contributed by atoms with E-state index >= 15 is 0 Å². The van der Waals surface area contributed by atoms with Crippen molar-refractivity contribution in [2.45, 2.75) is 45.8 Å². The average molecular weight is 377 g/mol. The van der Waals surface area contributed by atoms with Crippen LogP contribution in [0.1, 0.15) is 36.7 Å². The highest BCUT2D eigenvalue weighted by Gasteiger charge is 2.15. The number of nitrogens with one attached hydrogen (secondary N) is 1. The highest BCUT2D eigenvalue weighted by Crippen LogP contribution is 2.17. The Bertz CT molecular complexity index is 956. The number of imidazole rings is 1. The molecule has 28 heavy (non-hydrogen) atoms. The molecule has 1 aromatic heterocycles. The number of para-hydroxylation sites is 2. The molecule has 3 aromatic rings. The zero-order chi connectivity index (χ0) is 19.3. The third-order valence-electron chi connectivity index (χ3n) is 5.54. The zero-order valence-corrected chi connectivity index (χ0v) is 16.5. The van der Waals surface area contributed by atoms with Crippen LogP contribution in [0.3, 0.4) is 0 Å². The molecule has 146 valence electrons. The number of carbonyl (C=O) groups is 1. The first kappa shape index (κ1) is 18.7. The van der Waals surface area contributed by atoms with E-state index in [9.17, 15) is 4.79 Å². The first-order chi connectivity index (χ1) is 13.7. The van der Waals surface area contributed by atoms with Crippen molar-refractivity contribution < 1.29 is 4.79 Å². The summed E-state index contributed by atoms with van der Waals surface area (Å²) in [6, 6.07) is 16.4. The highest BCUT2D eigenvalue weighted by molar-refractivity contribution is 5.81. The molecule has 0 saturated carbocycles. The second-order valence-electron chi connectivity index (χ2n) is 7.49. The van der Waals surface area contributed by atoms with Crippen molar-refractivity contribution in [1.82, 2.24) is 19.8 Å². The van der Waals surface area contributed by atoms with Crippen LogP contribution in [0.2, 0.25) is 0 Å². The van der Waals surface area contributed by atoms with E-state index in [1.165, 1.54) is 37.1 Å². The third-order valence-corrected chi connectivity index (χ3v) is 5.54. The Morgan fingerprint density at radius 3 is 2.54 bits per heavy atom. The molecule has 0 spiro atoms. The number of aryl methyl sites for hydroxylation is 1. The number of aromatic nitrogens is 2. The zero-order valence-electron chi connectivity index (χ0n) is 16.5. The number of benzene rings is 2. The average Bonchev–Trinajstić information content (AvgIpc) is 3.35. The number of likely N-dealkylation sites (tertiary alicyclic amines) is 1. The molecule has 1 fully saturated rings. The van der Waals surface area contributed by atoms with Crippen molar-refractivity contribution in [1.29, 1.82) is 0 Å². The maximum atomic E-state index is 12.7. The van der Waals surface area contributed by atoms with Gasteiger partial charge in [-0.3, -0.25) is 9.69 Å². The van der Waals surface area contributed by atoms with E-state index in [1.807, 2.05) is 34.9 Å².